The first-order chi connectivity index (χ1) is 18.1. The van der Waals surface area contributed by atoms with Gasteiger partial charge in [0.05, 0.1) is 18.5 Å². The molecule has 0 bridgehead atoms. The molecule has 2 unspecified atom stereocenters. The molecular weight excluding hydrogens is 462 g/mol. The molecule has 0 heterocycles. The molecule has 0 saturated carbocycles. The number of aliphatic hydroxyl groups is 1. The van der Waals surface area contributed by atoms with Crippen LogP contribution >= 0.6 is 0 Å². The SMILES string of the molecule is C=CN(C(C)=NC)C(/C=C/c1ccc(-c2ccc(OCC(CN)OC)cc2)cc1)CO.CC.CC.CC. The van der Waals surface area contributed by atoms with Crippen molar-refractivity contribution in [1.82, 2.24) is 4.90 Å². The topological polar surface area (TPSA) is 80.3 Å². The summed E-state index contributed by atoms with van der Waals surface area (Å²) in [5, 5.41) is 9.74. The second kappa shape index (κ2) is 23.5. The van der Waals surface area contributed by atoms with Crippen molar-refractivity contribution in [2.24, 2.45) is 10.7 Å². The minimum atomic E-state index is -0.217. The van der Waals surface area contributed by atoms with Gasteiger partial charge >= 0.3 is 0 Å². The number of benzene rings is 2. The maximum absolute atomic E-state index is 9.74. The smallest absolute Gasteiger partial charge is 0.119 e. The number of amidine groups is 1. The number of ether oxygens (including phenoxy) is 2. The summed E-state index contributed by atoms with van der Waals surface area (Å²) >= 11 is 0. The van der Waals surface area contributed by atoms with Crippen LogP contribution in [0.2, 0.25) is 0 Å². The van der Waals surface area contributed by atoms with E-state index in [1.807, 2.05) is 102 Å². The van der Waals surface area contributed by atoms with Crippen molar-refractivity contribution in [2.45, 2.75) is 60.6 Å². The average molecular weight is 514 g/mol. The number of rotatable bonds is 11. The Labute approximate surface area is 226 Å². The van der Waals surface area contributed by atoms with E-state index in [0.717, 1.165) is 28.3 Å². The zero-order valence-electron chi connectivity index (χ0n) is 24.6. The van der Waals surface area contributed by atoms with Gasteiger partial charge in [-0.3, -0.25) is 4.99 Å². The van der Waals surface area contributed by atoms with Crippen LogP contribution in [0.4, 0.5) is 0 Å². The van der Waals surface area contributed by atoms with Crippen LogP contribution in [0.3, 0.4) is 0 Å². The first-order valence-corrected chi connectivity index (χ1v) is 13.3. The average Bonchev–Trinajstić information content (AvgIpc) is 2.99. The Morgan fingerprint density at radius 3 is 1.92 bits per heavy atom. The van der Waals surface area contributed by atoms with Crippen molar-refractivity contribution >= 4 is 11.9 Å². The van der Waals surface area contributed by atoms with Crippen molar-refractivity contribution in [3.63, 3.8) is 0 Å². The highest BCUT2D eigenvalue weighted by Crippen LogP contribution is 2.23. The lowest BCUT2D eigenvalue weighted by Crippen LogP contribution is -2.35. The number of hydrogen-bond acceptors (Lipinski definition) is 5. The maximum atomic E-state index is 9.74. The molecule has 2 rings (SSSR count). The van der Waals surface area contributed by atoms with E-state index in [0.29, 0.717) is 13.2 Å². The van der Waals surface area contributed by atoms with E-state index in [2.05, 4.69) is 23.7 Å². The number of aliphatic imine (C=N–C) groups is 1. The molecule has 6 heteroatoms. The van der Waals surface area contributed by atoms with E-state index < -0.39 is 0 Å². The Kier molecular flexibility index (Phi) is 23.0. The molecule has 2 atom stereocenters. The largest absolute Gasteiger partial charge is 0.491 e. The van der Waals surface area contributed by atoms with E-state index >= 15 is 0 Å². The molecule has 6 nitrogen and oxygen atoms in total. The highest BCUT2D eigenvalue weighted by Gasteiger charge is 2.13. The molecule has 0 radical (unpaired) electrons. The van der Waals surface area contributed by atoms with Crippen LogP contribution in [0, 0.1) is 0 Å². The molecule has 2 aromatic rings. The molecule has 0 fully saturated rings. The fourth-order valence-corrected chi connectivity index (χ4v) is 3.04. The van der Waals surface area contributed by atoms with Gasteiger partial charge in [0.15, 0.2) is 0 Å². The van der Waals surface area contributed by atoms with Crippen molar-refractivity contribution < 1.29 is 14.6 Å². The summed E-state index contributed by atoms with van der Waals surface area (Å²) in [5.74, 6) is 1.58. The van der Waals surface area contributed by atoms with Gasteiger partial charge in [-0.1, -0.05) is 96.7 Å². The van der Waals surface area contributed by atoms with Crippen LogP contribution in [0.1, 0.15) is 54.0 Å². The third-order valence-corrected chi connectivity index (χ3v) is 5.08. The summed E-state index contributed by atoms with van der Waals surface area (Å²) < 4.78 is 10.9. The molecule has 208 valence electrons. The van der Waals surface area contributed by atoms with Crippen molar-refractivity contribution in [3.8, 4) is 16.9 Å². The fraction of sp³-hybridized carbons (Fsp3) is 0.452. The first-order valence-electron chi connectivity index (χ1n) is 13.3. The van der Waals surface area contributed by atoms with Gasteiger partial charge in [-0.25, -0.2) is 0 Å². The highest BCUT2D eigenvalue weighted by atomic mass is 16.5. The highest BCUT2D eigenvalue weighted by molar-refractivity contribution is 5.81. The third-order valence-electron chi connectivity index (χ3n) is 5.08. The van der Waals surface area contributed by atoms with E-state index in [1.165, 1.54) is 0 Å². The molecule has 3 N–H and O–H groups in total. The number of nitrogens with two attached hydrogens (primary N) is 1. The van der Waals surface area contributed by atoms with Crippen LogP contribution in [-0.4, -0.2) is 61.9 Å². The third kappa shape index (κ3) is 13.3. The molecule has 0 amide bonds. The second-order valence-corrected chi connectivity index (χ2v) is 7.02. The number of hydrogen-bond donors (Lipinski definition) is 2. The molecule has 0 aliphatic carbocycles. The van der Waals surface area contributed by atoms with Gasteiger partial charge in [-0.2, -0.15) is 0 Å². The number of methoxy groups -OCH3 is 1. The van der Waals surface area contributed by atoms with Gasteiger partial charge in [0.2, 0.25) is 0 Å². The quantitative estimate of drug-likeness (QED) is 0.260. The van der Waals surface area contributed by atoms with E-state index in [1.54, 1.807) is 20.4 Å². The van der Waals surface area contributed by atoms with E-state index in [9.17, 15) is 5.11 Å². The van der Waals surface area contributed by atoms with Gasteiger partial charge < -0.3 is 25.2 Å². The second-order valence-electron chi connectivity index (χ2n) is 7.02. The standard InChI is InChI=1S/C25H33N3O3.3C2H6/c1-5-28(19(2)27-3)23(17-29)13-8-20-6-9-21(10-7-20)22-11-14-24(15-12-22)31-18-25(16-26)30-4;3*1-2/h5-15,23,25,29H,1,16-18,26H2,2-4H3;3*1-2H3/b13-8+,27-19?;;;. The predicted octanol–water partition coefficient (Wildman–Crippen LogP) is 6.65. The minimum absolute atomic E-state index is 0.0295. The summed E-state index contributed by atoms with van der Waals surface area (Å²) in [6.45, 7) is 18.5. The molecule has 0 saturated heterocycles. The summed E-state index contributed by atoms with van der Waals surface area (Å²) in [7, 11) is 3.35. The Morgan fingerprint density at radius 1 is 1.00 bits per heavy atom. The summed E-state index contributed by atoms with van der Waals surface area (Å²) in [5.41, 5.74) is 8.87. The molecule has 0 spiro atoms. The number of aliphatic hydroxyl groups excluding tert-OH is 1. The van der Waals surface area contributed by atoms with Gasteiger partial charge in [-0.15, -0.1) is 0 Å². The lowest BCUT2D eigenvalue weighted by Gasteiger charge is -2.26. The van der Waals surface area contributed by atoms with Crippen LogP contribution in [0.15, 0.2) is 72.4 Å². The van der Waals surface area contributed by atoms with Crippen molar-refractivity contribution in [3.05, 3.63) is 72.9 Å². The molecule has 0 aliphatic rings. The molecule has 2 aromatic carbocycles. The molecule has 0 aliphatic heterocycles. The van der Waals surface area contributed by atoms with Crippen LogP contribution < -0.4 is 10.5 Å². The predicted molar refractivity (Wildman–Crippen MR) is 162 cm³/mol. The minimum Gasteiger partial charge on any atom is -0.491 e. The first kappa shape index (κ1) is 36.2. The number of nitrogens with zero attached hydrogens (tertiary/aromatic N) is 2. The summed E-state index contributed by atoms with van der Waals surface area (Å²) in [4.78, 5) is 6.01. The zero-order valence-corrected chi connectivity index (χ0v) is 24.6. The zero-order chi connectivity index (χ0) is 28.6. The summed E-state index contributed by atoms with van der Waals surface area (Å²) in [6, 6.07) is 16.0. The lowest BCUT2D eigenvalue weighted by molar-refractivity contribution is 0.0644. The van der Waals surface area contributed by atoms with Crippen LogP contribution in [0.25, 0.3) is 17.2 Å². The normalized spacial score (nSPS) is 12.0. The Balaban J connectivity index is 0. The Hall–Kier alpha value is -2.93. The van der Waals surface area contributed by atoms with Crippen molar-refractivity contribution in [2.75, 3.05) is 33.9 Å². The van der Waals surface area contributed by atoms with E-state index in [4.69, 9.17) is 15.2 Å². The lowest BCUT2D eigenvalue weighted by atomic mass is 10.0. The Morgan fingerprint density at radius 2 is 1.51 bits per heavy atom. The van der Waals surface area contributed by atoms with Crippen LogP contribution in [0.5, 0.6) is 5.75 Å². The van der Waals surface area contributed by atoms with Gasteiger partial charge in [0.25, 0.3) is 0 Å². The maximum Gasteiger partial charge on any atom is 0.119 e. The monoisotopic (exact) mass is 513 g/mol. The van der Waals surface area contributed by atoms with Gasteiger partial charge in [0.1, 0.15) is 18.5 Å². The van der Waals surface area contributed by atoms with Crippen molar-refractivity contribution in [1.29, 1.82) is 0 Å². The molecular formula is C31H51N3O3. The van der Waals surface area contributed by atoms with Gasteiger partial charge in [-0.05, 0) is 41.9 Å². The van der Waals surface area contributed by atoms with Crippen LogP contribution in [-0.2, 0) is 4.74 Å². The van der Waals surface area contributed by atoms with E-state index in [-0.39, 0.29) is 18.8 Å². The molecule has 0 aromatic heterocycles. The fourth-order valence-electron chi connectivity index (χ4n) is 3.04. The Bertz CT molecular complexity index is 858. The molecule has 37 heavy (non-hydrogen) atoms. The summed E-state index contributed by atoms with van der Waals surface area (Å²) in [6.07, 6.45) is 5.51. The van der Waals surface area contributed by atoms with Gasteiger partial charge in [0, 0.05) is 20.7 Å².